The Morgan fingerprint density at radius 3 is 3.00 bits per heavy atom. The van der Waals surface area contributed by atoms with Gasteiger partial charge in [0.2, 0.25) is 11.2 Å². The Kier molecular flexibility index (Phi) is 2.70. The van der Waals surface area contributed by atoms with Crippen LogP contribution < -0.4 is 10.6 Å². The monoisotopic (exact) mass is 244 g/mol. The lowest BCUT2D eigenvalue weighted by Crippen LogP contribution is -2.26. The fourth-order valence-corrected chi connectivity index (χ4v) is 1.92. The first kappa shape index (κ1) is 10.5. The van der Waals surface area contributed by atoms with Gasteiger partial charge >= 0.3 is 0 Å². The molecule has 1 aliphatic rings. The van der Waals surface area contributed by atoms with Crippen molar-refractivity contribution >= 4 is 41.6 Å². The quantitative estimate of drug-likeness (QED) is 0.565. The Labute approximate surface area is 97.0 Å². The number of nitrogen functional groups attached to an aromatic ring is 1. The third kappa shape index (κ3) is 2.00. The van der Waals surface area contributed by atoms with Crippen LogP contribution in [0.3, 0.4) is 0 Å². The minimum atomic E-state index is -0.0449. The number of carbonyl (C=O) groups is 1. The van der Waals surface area contributed by atoms with Gasteiger partial charge in [-0.15, -0.1) is 0 Å². The smallest absolute Gasteiger partial charge is 0.229 e. The molecule has 0 spiro atoms. The first-order valence-electron chi connectivity index (χ1n) is 4.34. The van der Waals surface area contributed by atoms with E-state index in [0.717, 1.165) is 0 Å². The first-order valence-corrected chi connectivity index (χ1v) is 5.24. The summed E-state index contributed by atoms with van der Waals surface area (Å²) in [7, 11) is 0. The number of anilines is 2. The molecule has 15 heavy (non-hydrogen) atoms. The highest BCUT2D eigenvalue weighted by Crippen LogP contribution is 2.27. The third-order valence-corrected chi connectivity index (χ3v) is 2.65. The molecule has 7 heteroatoms. The minimum Gasteiger partial charge on any atom is -0.394 e. The van der Waals surface area contributed by atoms with Crippen LogP contribution in [0.1, 0.15) is 6.42 Å². The fourth-order valence-electron chi connectivity index (χ4n) is 1.47. The zero-order chi connectivity index (χ0) is 11.0. The fraction of sp³-hybridized carbons (Fsp3) is 0.375. The summed E-state index contributed by atoms with van der Waals surface area (Å²) in [5.41, 5.74) is 6.02. The van der Waals surface area contributed by atoms with E-state index in [1.807, 2.05) is 0 Å². The molecule has 0 aliphatic carbocycles. The lowest BCUT2D eigenvalue weighted by molar-refractivity contribution is -0.117. The van der Waals surface area contributed by atoms with E-state index in [4.69, 9.17) is 17.3 Å². The summed E-state index contributed by atoms with van der Waals surface area (Å²) in [6.45, 7) is 0.499. The van der Waals surface area contributed by atoms with Gasteiger partial charge < -0.3 is 5.73 Å². The van der Waals surface area contributed by atoms with Crippen molar-refractivity contribution in [3.8, 4) is 0 Å². The molecule has 2 N–H and O–H groups in total. The Balaban J connectivity index is 2.37. The van der Waals surface area contributed by atoms with Gasteiger partial charge in [-0.1, -0.05) is 0 Å². The lowest BCUT2D eigenvalue weighted by atomic mass is 10.4. The van der Waals surface area contributed by atoms with Gasteiger partial charge in [0.1, 0.15) is 0 Å². The number of hydrogen-bond acceptors (Lipinski definition) is 5. The van der Waals surface area contributed by atoms with Gasteiger partial charge in [0.15, 0.2) is 5.82 Å². The van der Waals surface area contributed by atoms with E-state index in [1.54, 1.807) is 0 Å². The predicted octanol–water partition coefficient (Wildman–Crippen LogP) is 0.747. The molecule has 1 aromatic heterocycles. The molecule has 2 rings (SSSR count). The number of thiol groups is 1. The highest BCUT2D eigenvalue weighted by Gasteiger charge is 2.30. The van der Waals surface area contributed by atoms with Crippen LogP contribution >= 0.6 is 24.2 Å². The normalized spacial score (nSPS) is 21.1. The molecule has 1 amide bonds. The van der Waals surface area contributed by atoms with Gasteiger partial charge in [0, 0.05) is 18.2 Å². The van der Waals surface area contributed by atoms with Crippen LogP contribution in [-0.4, -0.2) is 27.7 Å². The average Bonchev–Trinajstić information content (AvgIpc) is 2.50. The van der Waals surface area contributed by atoms with E-state index in [9.17, 15) is 4.79 Å². The molecule has 1 atom stereocenters. The van der Waals surface area contributed by atoms with Crippen molar-refractivity contribution in [2.24, 2.45) is 0 Å². The number of nitrogens with zero attached hydrogens (tertiary/aromatic N) is 3. The molecule has 80 valence electrons. The van der Waals surface area contributed by atoms with Crippen molar-refractivity contribution in [3.63, 3.8) is 0 Å². The molecule has 0 aromatic carbocycles. The molecular weight excluding hydrogens is 236 g/mol. The molecule has 1 saturated heterocycles. The Morgan fingerprint density at radius 1 is 1.67 bits per heavy atom. The standard InChI is InChI=1S/C8H9ClN4OS/c9-8-11-2-5(10)7(12-8)13-3-4(15)1-6(13)14/h2,4,15H,1,3,10H2. The summed E-state index contributed by atoms with van der Waals surface area (Å²) in [6, 6.07) is 0. The second-order valence-electron chi connectivity index (χ2n) is 3.28. The summed E-state index contributed by atoms with van der Waals surface area (Å²) >= 11 is 9.89. The number of rotatable bonds is 1. The zero-order valence-electron chi connectivity index (χ0n) is 7.72. The highest BCUT2D eigenvalue weighted by molar-refractivity contribution is 7.81. The largest absolute Gasteiger partial charge is 0.394 e. The van der Waals surface area contributed by atoms with E-state index < -0.39 is 0 Å². The molecule has 1 aliphatic heterocycles. The maximum absolute atomic E-state index is 11.6. The molecule has 0 radical (unpaired) electrons. The van der Waals surface area contributed by atoms with Crippen molar-refractivity contribution in [1.29, 1.82) is 0 Å². The Hall–Kier alpha value is -1.01. The number of aromatic nitrogens is 2. The van der Waals surface area contributed by atoms with Crippen molar-refractivity contribution in [2.75, 3.05) is 17.2 Å². The molecule has 1 unspecified atom stereocenters. The molecule has 1 fully saturated rings. The third-order valence-electron chi connectivity index (χ3n) is 2.13. The van der Waals surface area contributed by atoms with Crippen molar-refractivity contribution in [3.05, 3.63) is 11.5 Å². The number of nitrogens with two attached hydrogens (primary N) is 1. The van der Waals surface area contributed by atoms with Crippen LogP contribution in [0.25, 0.3) is 0 Å². The Bertz CT molecular complexity index is 414. The van der Waals surface area contributed by atoms with Gasteiger partial charge in [0.25, 0.3) is 0 Å². The minimum absolute atomic E-state index is 0.0191. The van der Waals surface area contributed by atoms with Gasteiger partial charge in [-0.2, -0.15) is 17.6 Å². The summed E-state index contributed by atoms with van der Waals surface area (Å²) in [5, 5.41) is 0.0975. The maximum atomic E-state index is 11.6. The van der Waals surface area contributed by atoms with Crippen molar-refractivity contribution in [1.82, 2.24) is 9.97 Å². The lowest BCUT2D eigenvalue weighted by Gasteiger charge is -2.16. The molecule has 1 aromatic rings. The molecular formula is C8H9ClN4OS. The van der Waals surface area contributed by atoms with E-state index in [-0.39, 0.29) is 16.4 Å². The summed E-state index contributed by atoms with van der Waals surface area (Å²) in [6.07, 6.45) is 1.79. The maximum Gasteiger partial charge on any atom is 0.229 e. The predicted molar refractivity (Wildman–Crippen MR) is 61.2 cm³/mol. The Morgan fingerprint density at radius 2 is 2.40 bits per heavy atom. The molecule has 0 saturated carbocycles. The average molecular weight is 245 g/mol. The number of amides is 1. The van der Waals surface area contributed by atoms with E-state index in [2.05, 4.69) is 22.6 Å². The van der Waals surface area contributed by atoms with Gasteiger partial charge in [-0.25, -0.2) is 4.98 Å². The second-order valence-corrected chi connectivity index (χ2v) is 4.35. The number of hydrogen-bond donors (Lipinski definition) is 2. The van der Waals surface area contributed by atoms with Crippen LogP contribution in [0, 0.1) is 0 Å². The summed E-state index contributed by atoms with van der Waals surface area (Å²) in [4.78, 5) is 20.7. The van der Waals surface area contributed by atoms with E-state index >= 15 is 0 Å². The topological polar surface area (TPSA) is 72.1 Å². The van der Waals surface area contributed by atoms with Crippen LogP contribution in [0.15, 0.2) is 6.20 Å². The second kappa shape index (κ2) is 3.86. The van der Waals surface area contributed by atoms with Crippen LogP contribution in [0.5, 0.6) is 0 Å². The molecule has 2 heterocycles. The van der Waals surface area contributed by atoms with Crippen LogP contribution in [0.2, 0.25) is 5.28 Å². The zero-order valence-corrected chi connectivity index (χ0v) is 9.37. The van der Waals surface area contributed by atoms with E-state index in [0.29, 0.717) is 24.5 Å². The summed E-state index contributed by atoms with van der Waals surface area (Å²) < 4.78 is 0. The van der Waals surface area contributed by atoms with Crippen LogP contribution in [0.4, 0.5) is 11.5 Å². The molecule has 0 bridgehead atoms. The van der Waals surface area contributed by atoms with Gasteiger partial charge in [-0.05, 0) is 11.6 Å². The highest BCUT2D eigenvalue weighted by atomic mass is 35.5. The SMILES string of the molecule is Nc1cnc(Cl)nc1N1CC(S)CC1=O. The van der Waals surface area contributed by atoms with E-state index in [1.165, 1.54) is 11.1 Å². The van der Waals surface area contributed by atoms with Crippen LogP contribution in [-0.2, 0) is 4.79 Å². The van der Waals surface area contributed by atoms with Gasteiger partial charge in [-0.3, -0.25) is 9.69 Å². The number of halogens is 1. The van der Waals surface area contributed by atoms with Crippen molar-refractivity contribution in [2.45, 2.75) is 11.7 Å². The van der Waals surface area contributed by atoms with Gasteiger partial charge in [0.05, 0.1) is 11.9 Å². The van der Waals surface area contributed by atoms with Crippen molar-refractivity contribution < 1.29 is 4.79 Å². The molecule has 5 nitrogen and oxygen atoms in total. The first-order chi connectivity index (χ1) is 7.08. The number of carbonyl (C=O) groups excluding carboxylic acids is 1. The summed E-state index contributed by atoms with van der Waals surface area (Å²) in [5.74, 6) is 0.327.